The zero-order valence-electron chi connectivity index (χ0n) is 10.4. The number of phenols is 1. The minimum atomic E-state index is -0.668. The third-order valence-electron chi connectivity index (χ3n) is 2.89. The average Bonchev–Trinajstić information content (AvgIpc) is 2.26. The molecule has 0 spiro atoms. The third-order valence-corrected chi connectivity index (χ3v) is 4.12. The summed E-state index contributed by atoms with van der Waals surface area (Å²) >= 11 is 1.84. The van der Waals surface area contributed by atoms with Gasteiger partial charge in [0.2, 0.25) is 0 Å². The number of nitrogens with zero attached hydrogens (tertiary/aromatic N) is 1. The van der Waals surface area contributed by atoms with Gasteiger partial charge in [-0.3, -0.25) is 4.79 Å². The molecule has 1 heterocycles. The highest BCUT2D eigenvalue weighted by Crippen LogP contribution is 2.26. The molecule has 2 unspecified atom stereocenters. The van der Waals surface area contributed by atoms with Gasteiger partial charge in [0.05, 0.1) is 5.56 Å². The zero-order valence-corrected chi connectivity index (χ0v) is 11.2. The van der Waals surface area contributed by atoms with Gasteiger partial charge in [0, 0.05) is 29.7 Å². The molecule has 2 rings (SSSR count). The van der Waals surface area contributed by atoms with Gasteiger partial charge in [0.1, 0.15) is 11.6 Å². The predicted molar refractivity (Wildman–Crippen MR) is 70.5 cm³/mol. The molecule has 5 heteroatoms. The van der Waals surface area contributed by atoms with Crippen LogP contribution in [0, 0.1) is 5.82 Å². The second kappa shape index (κ2) is 5.18. The first-order valence-corrected chi connectivity index (χ1v) is 6.85. The van der Waals surface area contributed by atoms with Gasteiger partial charge in [0.15, 0.2) is 0 Å². The SMILES string of the molecule is CC1CN(C(=O)c2ccc(O)cc2F)CC(C)S1. The van der Waals surface area contributed by atoms with Gasteiger partial charge in [-0.05, 0) is 12.1 Å². The van der Waals surface area contributed by atoms with E-state index in [0.717, 1.165) is 6.07 Å². The molecule has 0 saturated carbocycles. The van der Waals surface area contributed by atoms with Gasteiger partial charge in [-0.2, -0.15) is 11.8 Å². The zero-order chi connectivity index (χ0) is 13.3. The lowest BCUT2D eigenvalue weighted by Gasteiger charge is -2.34. The van der Waals surface area contributed by atoms with Gasteiger partial charge in [-0.15, -0.1) is 0 Å². The summed E-state index contributed by atoms with van der Waals surface area (Å²) in [5.41, 5.74) is 0.0269. The fourth-order valence-electron chi connectivity index (χ4n) is 2.19. The van der Waals surface area contributed by atoms with Crippen LogP contribution in [-0.2, 0) is 0 Å². The van der Waals surface area contributed by atoms with Gasteiger partial charge < -0.3 is 10.0 Å². The Labute approximate surface area is 110 Å². The largest absolute Gasteiger partial charge is 0.508 e. The number of hydrogen-bond acceptors (Lipinski definition) is 3. The minimum absolute atomic E-state index is 0.0269. The molecule has 18 heavy (non-hydrogen) atoms. The molecule has 0 aliphatic carbocycles. The summed E-state index contributed by atoms with van der Waals surface area (Å²) in [7, 11) is 0. The van der Waals surface area contributed by atoms with E-state index in [0.29, 0.717) is 23.6 Å². The van der Waals surface area contributed by atoms with Crippen molar-refractivity contribution in [2.75, 3.05) is 13.1 Å². The number of halogens is 1. The lowest BCUT2D eigenvalue weighted by atomic mass is 10.1. The molecule has 2 atom stereocenters. The number of benzene rings is 1. The average molecular weight is 269 g/mol. The van der Waals surface area contributed by atoms with Crippen LogP contribution in [0.4, 0.5) is 4.39 Å². The van der Waals surface area contributed by atoms with E-state index >= 15 is 0 Å². The van der Waals surface area contributed by atoms with Crippen molar-refractivity contribution < 1.29 is 14.3 Å². The van der Waals surface area contributed by atoms with Gasteiger partial charge in [-0.25, -0.2) is 4.39 Å². The number of phenolic OH excluding ortho intramolecular Hbond substituents is 1. The van der Waals surface area contributed by atoms with Crippen molar-refractivity contribution in [2.24, 2.45) is 0 Å². The lowest BCUT2D eigenvalue weighted by molar-refractivity contribution is 0.0748. The monoisotopic (exact) mass is 269 g/mol. The van der Waals surface area contributed by atoms with Crippen LogP contribution in [0.3, 0.4) is 0 Å². The number of aromatic hydroxyl groups is 1. The minimum Gasteiger partial charge on any atom is -0.508 e. The molecule has 1 N–H and O–H groups in total. The molecule has 0 aromatic heterocycles. The predicted octanol–water partition coefficient (Wildman–Crippen LogP) is 2.50. The lowest BCUT2D eigenvalue weighted by Crippen LogP contribution is -2.44. The van der Waals surface area contributed by atoms with Crippen molar-refractivity contribution in [1.82, 2.24) is 4.90 Å². The first-order valence-electron chi connectivity index (χ1n) is 5.90. The van der Waals surface area contributed by atoms with Crippen LogP contribution in [0.1, 0.15) is 24.2 Å². The highest BCUT2D eigenvalue weighted by Gasteiger charge is 2.27. The van der Waals surface area contributed by atoms with Gasteiger partial charge in [-0.1, -0.05) is 13.8 Å². The Morgan fingerprint density at radius 1 is 1.39 bits per heavy atom. The molecule has 1 fully saturated rings. The van der Waals surface area contributed by atoms with E-state index in [-0.39, 0.29) is 17.2 Å². The van der Waals surface area contributed by atoms with E-state index in [9.17, 15) is 9.18 Å². The highest BCUT2D eigenvalue weighted by molar-refractivity contribution is 8.00. The molecule has 1 amide bonds. The van der Waals surface area contributed by atoms with Crippen LogP contribution < -0.4 is 0 Å². The summed E-state index contributed by atoms with van der Waals surface area (Å²) in [4.78, 5) is 13.9. The summed E-state index contributed by atoms with van der Waals surface area (Å²) in [6.07, 6.45) is 0. The number of carbonyl (C=O) groups excluding carboxylic acids is 1. The first kappa shape index (κ1) is 13.2. The van der Waals surface area contributed by atoms with Gasteiger partial charge >= 0.3 is 0 Å². The second-order valence-corrected chi connectivity index (χ2v) is 6.51. The maximum absolute atomic E-state index is 13.6. The first-order chi connectivity index (χ1) is 8.47. The molecule has 1 aliphatic heterocycles. The quantitative estimate of drug-likeness (QED) is 0.851. The Hall–Kier alpha value is -1.23. The summed E-state index contributed by atoms with van der Waals surface area (Å²) < 4.78 is 13.6. The molecule has 0 bridgehead atoms. The molecule has 1 aromatic rings. The van der Waals surface area contributed by atoms with Crippen LogP contribution in [0.2, 0.25) is 0 Å². The maximum atomic E-state index is 13.6. The summed E-state index contributed by atoms with van der Waals surface area (Å²) in [5, 5.41) is 9.86. The summed E-state index contributed by atoms with van der Waals surface area (Å²) in [6.45, 7) is 5.39. The van der Waals surface area contributed by atoms with E-state index in [1.807, 2.05) is 11.8 Å². The number of hydrogen-bond donors (Lipinski definition) is 1. The van der Waals surface area contributed by atoms with Crippen LogP contribution >= 0.6 is 11.8 Å². The molecule has 1 aliphatic rings. The number of thioether (sulfide) groups is 1. The van der Waals surface area contributed by atoms with E-state index in [1.165, 1.54) is 12.1 Å². The molecule has 0 radical (unpaired) electrons. The number of rotatable bonds is 1. The molecule has 1 saturated heterocycles. The van der Waals surface area contributed by atoms with Crippen LogP contribution in [0.25, 0.3) is 0 Å². The topological polar surface area (TPSA) is 40.5 Å². The Balaban J connectivity index is 2.20. The van der Waals surface area contributed by atoms with Crippen molar-refractivity contribution >= 4 is 17.7 Å². The molecule has 3 nitrogen and oxygen atoms in total. The van der Waals surface area contributed by atoms with E-state index in [4.69, 9.17) is 5.11 Å². The fourth-order valence-corrected chi connectivity index (χ4v) is 3.52. The van der Waals surface area contributed by atoms with Gasteiger partial charge in [0.25, 0.3) is 5.91 Å². The summed E-state index contributed by atoms with van der Waals surface area (Å²) in [6, 6.07) is 3.64. The number of carbonyl (C=O) groups is 1. The van der Waals surface area contributed by atoms with Crippen molar-refractivity contribution in [3.63, 3.8) is 0 Å². The standard InChI is InChI=1S/C13H16FNO2S/c1-8-6-15(7-9(2)18-8)13(17)11-4-3-10(16)5-12(11)14/h3-5,8-9,16H,6-7H2,1-2H3. The summed E-state index contributed by atoms with van der Waals surface area (Å²) in [5.74, 6) is -1.13. The van der Waals surface area contributed by atoms with E-state index in [2.05, 4.69) is 13.8 Å². The molecular formula is C13H16FNO2S. The van der Waals surface area contributed by atoms with Crippen molar-refractivity contribution in [3.05, 3.63) is 29.6 Å². The van der Waals surface area contributed by atoms with Crippen molar-refractivity contribution in [1.29, 1.82) is 0 Å². The fraction of sp³-hybridized carbons (Fsp3) is 0.462. The smallest absolute Gasteiger partial charge is 0.256 e. The molecule has 1 aromatic carbocycles. The van der Waals surface area contributed by atoms with Crippen LogP contribution in [0.5, 0.6) is 5.75 Å². The maximum Gasteiger partial charge on any atom is 0.256 e. The van der Waals surface area contributed by atoms with Crippen molar-refractivity contribution in [3.8, 4) is 5.75 Å². The number of amides is 1. The third kappa shape index (κ3) is 2.77. The Morgan fingerprint density at radius 2 is 2.00 bits per heavy atom. The van der Waals surface area contributed by atoms with Crippen LogP contribution in [-0.4, -0.2) is 39.5 Å². The normalized spacial score (nSPS) is 24.1. The Kier molecular flexibility index (Phi) is 3.80. The Bertz CT molecular complexity index is 456. The van der Waals surface area contributed by atoms with Crippen molar-refractivity contribution in [2.45, 2.75) is 24.3 Å². The molecular weight excluding hydrogens is 253 g/mol. The Morgan fingerprint density at radius 3 is 2.56 bits per heavy atom. The van der Waals surface area contributed by atoms with E-state index in [1.54, 1.807) is 4.90 Å². The highest BCUT2D eigenvalue weighted by atomic mass is 32.2. The molecule has 98 valence electrons. The second-order valence-electron chi connectivity index (χ2n) is 4.63. The van der Waals surface area contributed by atoms with E-state index < -0.39 is 5.82 Å². The van der Waals surface area contributed by atoms with Crippen LogP contribution in [0.15, 0.2) is 18.2 Å².